The Morgan fingerprint density at radius 2 is 2.17 bits per heavy atom. The van der Waals surface area contributed by atoms with Crippen molar-refractivity contribution in [3.05, 3.63) is 29.8 Å². The minimum atomic E-state index is -0.186. The monoisotopic (exact) mass is 249 g/mol. The maximum absolute atomic E-state index is 9.90. The zero-order valence-corrected chi connectivity index (χ0v) is 11.1. The molecule has 0 radical (unpaired) electrons. The molecule has 0 aliphatic heterocycles. The molecule has 1 aliphatic carbocycles. The Bertz CT molecular complexity index is 367. The van der Waals surface area contributed by atoms with Gasteiger partial charge in [-0.15, -0.1) is 0 Å². The molecule has 0 aromatic heterocycles. The summed E-state index contributed by atoms with van der Waals surface area (Å²) in [7, 11) is 0. The van der Waals surface area contributed by atoms with Crippen LogP contribution < -0.4 is 10.1 Å². The maximum Gasteiger partial charge on any atom is 0.119 e. The summed E-state index contributed by atoms with van der Waals surface area (Å²) in [5, 5.41) is 13.3. The molecule has 3 nitrogen and oxygen atoms in total. The first-order valence-electron chi connectivity index (χ1n) is 6.93. The van der Waals surface area contributed by atoms with Gasteiger partial charge in [0.2, 0.25) is 0 Å². The number of benzene rings is 1. The predicted octanol–water partition coefficient (Wildman–Crippen LogP) is 2.48. The van der Waals surface area contributed by atoms with Crippen molar-refractivity contribution in [1.29, 1.82) is 0 Å². The van der Waals surface area contributed by atoms with E-state index in [0.717, 1.165) is 31.6 Å². The number of aliphatic hydroxyl groups excluding tert-OH is 1. The lowest BCUT2D eigenvalue weighted by atomic mass is 9.92. The fourth-order valence-corrected chi connectivity index (χ4v) is 2.51. The van der Waals surface area contributed by atoms with Crippen molar-refractivity contribution in [1.82, 2.24) is 5.32 Å². The van der Waals surface area contributed by atoms with E-state index in [9.17, 15) is 5.11 Å². The molecule has 0 amide bonds. The number of nitrogens with one attached hydrogen (secondary N) is 1. The van der Waals surface area contributed by atoms with Crippen molar-refractivity contribution in [2.24, 2.45) is 0 Å². The summed E-state index contributed by atoms with van der Waals surface area (Å²) in [5.41, 5.74) is 1.21. The van der Waals surface area contributed by atoms with E-state index in [0.29, 0.717) is 6.61 Å². The quantitative estimate of drug-likeness (QED) is 0.842. The van der Waals surface area contributed by atoms with Crippen LogP contribution in [0.5, 0.6) is 5.75 Å². The van der Waals surface area contributed by atoms with Crippen molar-refractivity contribution < 1.29 is 9.84 Å². The average molecular weight is 249 g/mol. The third kappa shape index (κ3) is 3.72. The van der Waals surface area contributed by atoms with E-state index in [-0.39, 0.29) is 12.1 Å². The van der Waals surface area contributed by atoms with E-state index in [1.54, 1.807) is 0 Å². The second kappa shape index (κ2) is 6.76. The number of ether oxygens (including phenoxy) is 1. The van der Waals surface area contributed by atoms with E-state index < -0.39 is 0 Å². The molecule has 100 valence electrons. The highest BCUT2D eigenvalue weighted by molar-refractivity contribution is 5.28. The van der Waals surface area contributed by atoms with Crippen molar-refractivity contribution in [2.75, 3.05) is 6.61 Å². The SMILES string of the molecule is CCOc1cccc(CNC2CCCCC2O)c1. The predicted molar refractivity (Wildman–Crippen MR) is 72.7 cm³/mol. The highest BCUT2D eigenvalue weighted by Crippen LogP contribution is 2.19. The molecule has 2 atom stereocenters. The molecule has 1 aromatic rings. The van der Waals surface area contributed by atoms with Gasteiger partial charge in [0.05, 0.1) is 12.7 Å². The Balaban J connectivity index is 1.87. The number of aliphatic hydroxyl groups is 1. The zero-order chi connectivity index (χ0) is 12.8. The second-order valence-electron chi connectivity index (χ2n) is 4.92. The van der Waals surface area contributed by atoms with Gasteiger partial charge >= 0.3 is 0 Å². The van der Waals surface area contributed by atoms with Gasteiger partial charge in [-0.05, 0) is 37.5 Å². The smallest absolute Gasteiger partial charge is 0.119 e. The number of hydrogen-bond donors (Lipinski definition) is 2. The largest absolute Gasteiger partial charge is 0.494 e. The molecule has 18 heavy (non-hydrogen) atoms. The highest BCUT2D eigenvalue weighted by Gasteiger charge is 2.21. The van der Waals surface area contributed by atoms with Crippen LogP contribution in [0.1, 0.15) is 38.2 Å². The van der Waals surface area contributed by atoms with E-state index in [1.165, 1.54) is 12.0 Å². The highest BCUT2D eigenvalue weighted by atomic mass is 16.5. The Morgan fingerprint density at radius 1 is 1.33 bits per heavy atom. The first-order valence-corrected chi connectivity index (χ1v) is 6.93. The standard InChI is InChI=1S/C15H23NO2/c1-2-18-13-7-5-6-12(10-13)11-16-14-8-3-4-9-15(14)17/h5-7,10,14-17H,2-4,8-9,11H2,1H3. The van der Waals surface area contributed by atoms with Gasteiger partial charge in [0, 0.05) is 12.6 Å². The first-order chi connectivity index (χ1) is 8.79. The fraction of sp³-hybridized carbons (Fsp3) is 0.600. The van der Waals surface area contributed by atoms with Gasteiger partial charge in [-0.1, -0.05) is 25.0 Å². The summed E-state index contributed by atoms with van der Waals surface area (Å²) >= 11 is 0. The van der Waals surface area contributed by atoms with Gasteiger partial charge in [-0.3, -0.25) is 0 Å². The second-order valence-corrected chi connectivity index (χ2v) is 4.92. The molecule has 1 aromatic carbocycles. The summed E-state index contributed by atoms with van der Waals surface area (Å²) in [6.07, 6.45) is 4.18. The Kier molecular flexibility index (Phi) is 5.02. The van der Waals surface area contributed by atoms with Crippen molar-refractivity contribution in [3.63, 3.8) is 0 Å². The molecule has 2 unspecified atom stereocenters. The normalized spacial score (nSPS) is 23.9. The molecular formula is C15H23NO2. The summed E-state index contributed by atoms with van der Waals surface area (Å²) < 4.78 is 5.48. The summed E-state index contributed by atoms with van der Waals surface area (Å²) in [6, 6.07) is 8.38. The lowest BCUT2D eigenvalue weighted by Crippen LogP contribution is -2.41. The van der Waals surface area contributed by atoms with Crippen LogP contribution in [-0.2, 0) is 6.54 Å². The van der Waals surface area contributed by atoms with Gasteiger partial charge in [-0.2, -0.15) is 0 Å². The Hall–Kier alpha value is -1.06. The van der Waals surface area contributed by atoms with Crippen molar-refractivity contribution >= 4 is 0 Å². The van der Waals surface area contributed by atoms with Crippen LogP contribution in [-0.4, -0.2) is 23.9 Å². The van der Waals surface area contributed by atoms with Crippen molar-refractivity contribution in [3.8, 4) is 5.75 Å². The summed E-state index contributed by atoms with van der Waals surface area (Å²) in [6.45, 7) is 3.48. The van der Waals surface area contributed by atoms with Crippen LogP contribution >= 0.6 is 0 Å². The minimum absolute atomic E-state index is 0.186. The summed E-state index contributed by atoms with van der Waals surface area (Å²) in [4.78, 5) is 0. The van der Waals surface area contributed by atoms with E-state index >= 15 is 0 Å². The van der Waals surface area contributed by atoms with Gasteiger partial charge in [0.25, 0.3) is 0 Å². The van der Waals surface area contributed by atoms with Gasteiger partial charge in [0.15, 0.2) is 0 Å². The van der Waals surface area contributed by atoms with Crippen LogP contribution in [0.2, 0.25) is 0 Å². The van der Waals surface area contributed by atoms with E-state index in [2.05, 4.69) is 17.4 Å². The molecule has 0 saturated heterocycles. The Morgan fingerprint density at radius 3 is 2.94 bits per heavy atom. The molecular weight excluding hydrogens is 226 g/mol. The molecule has 0 spiro atoms. The number of rotatable bonds is 5. The average Bonchev–Trinajstić information content (AvgIpc) is 2.39. The van der Waals surface area contributed by atoms with Crippen LogP contribution in [0.4, 0.5) is 0 Å². The summed E-state index contributed by atoms with van der Waals surface area (Å²) in [5.74, 6) is 0.918. The molecule has 1 fully saturated rings. The van der Waals surface area contributed by atoms with E-state index in [4.69, 9.17) is 4.74 Å². The maximum atomic E-state index is 9.90. The van der Waals surface area contributed by atoms with Crippen LogP contribution in [0.25, 0.3) is 0 Å². The van der Waals surface area contributed by atoms with Crippen LogP contribution in [0.15, 0.2) is 24.3 Å². The Labute approximate surface area is 109 Å². The molecule has 3 heteroatoms. The van der Waals surface area contributed by atoms with Gasteiger partial charge < -0.3 is 15.2 Å². The van der Waals surface area contributed by atoms with Crippen LogP contribution in [0.3, 0.4) is 0 Å². The lowest BCUT2D eigenvalue weighted by Gasteiger charge is -2.28. The third-order valence-electron chi connectivity index (χ3n) is 3.51. The van der Waals surface area contributed by atoms with Crippen LogP contribution in [0, 0.1) is 0 Å². The fourth-order valence-electron chi connectivity index (χ4n) is 2.51. The first kappa shape index (κ1) is 13.4. The molecule has 0 heterocycles. The number of hydrogen-bond acceptors (Lipinski definition) is 3. The molecule has 1 saturated carbocycles. The molecule has 1 aliphatic rings. The van der Waals surface area contributed by atoms with Gasteiger partial charge in [0.1, 0.15) is 5.75 Å². The zero-order valence-electron chi connectivity index (χ0n) is 11.1. The molecule has 2 rings (SSSR count). The third-order valence-corrected chi connectivity index (χ3v) is 3.51. The topological polar surface area (TPSA) is 41.5 Å². The van der Waals surface area contributed by atoms with Crippen molar-refractivity contribution in [2.45, 2.75) is 51.3 Å². The molecule has 0 bridgehead atoms. The lowest BCUT2D eigenvalue weighted by molar-refractivity contribution is 0.0902. The van der Waals surface area contributed by atoms with Gasteiger partial charge in [-0.25, -0.2) is 0 Å². The minimum Gasteiger partial charge on any atom is -0.494 e. The molecule has 2 N–H and O–H groups in total. The van der Waals surface area contributed by atoms with E-state index in [1.807, 2.05) is 19.1 Å².